The van der Waals surface area contributed by atoms with Gasteiger partial charge < -0.3 is 34.8 Å². The molecule has 2 unspecified atom stereocenters. The number of ether oxygens (including phenoxy) is 4. The Balaban J connectivity index is 1.74. The molecule has 37 heavy (non-hydrogen) atoms. The maximum atomic E-state index is 13.1. The molecule has 1 saturated heterocycles. The van der Waals surface area contributed by atoms with E-state index in [-0.39, 0.29) is 28.8 Å². The number of amides is 2. The first-order valence-electron chi connectivity index (χ1n) is 10.9. The Labute approximate surface area is 220 Å². The molecule has 3 N–H and O–H groups in total. The smallest absolute Gasteiger partial charge is 0.431 e. The van der Waals surface area contributed by atoms with E-state index in [1.165, 1.54) is 43.2 Å². The molecule has 3 heterocycles. The largest absolute Gasteiger partial charge is 0.511 e. The number of nitrogens with one attached hydrogen (secondary N) is 1. The molecule has 0 spiro atoms. The number of thiazole rings is 1. The van der Waals surface area contributed by atoms with Crippen LogP contribution in [0, 0.1) is 0 Å². The predicted octanol–water partition coefficient (Wildman–Crippen LogP) is 0.827. The Bertz CT molecular complexity index is 1120. The number of hydrogen-bond donors (Lipinski definition) is 2. The van der Waals surface area contributed by atoms with Crippen molar-refractivity contribution in [2.24, 2.45) is 5.16 Å². The van der Waals surface area contributed by atoms with Gasteiger partial charge in [-0.3, -0.25) is 14.5 Å². The third-order valence-electron chi connectivity index (χ3n) is 4.88. The number of anilines is 1. The molecule has 202 valence electrons. The van der Waals surface area contributed by atoms with E-state index in [0.717, 1.165) is 11.3 Å². The second-order valence-corrected chi connectivity index (χ2v) is 9.94. The maximum absolute atomic E-state index is 13.1. The van der Waals surface area contributed by atoms with Crippen molar-refractivity contribution in [3.63, 3.8) is 0 Å². The number of nitrogens with zero attached hydrogens (tertiary/aromatic N) is 3. The van der Waals surface area contributed by atoms with Gasteiger partial charge in [-0.25, -0.2) is 14.6 Å². The predicted molar refractivity (Wildman–Crippen MR) is 132 cm³/mol. The van der Waals surface area contributed by atoms with Gasteiger partial charge in [0.1, 0.15) is 29.9 Å². The average Bonchev–Trinajstić information content (AvgIpc) is 3.25. The third kappa shape index (κ3) is 6.50. The molecular formula is C21H27N5O9S2. The number of nitrogens with two attached hydrogens (primary N) is 1. The lowest BCUT2D eigenvalue weighted by Crippen LogP contribution is -2.71. The van der Waals surface area contributed by atoms with Crippen molar-refractivity contribution in [1.29, 1.82) is 0 Å². The molecule has 3 atom stereocenters. The first-order valence-corrected chi connectivity index (χ1v) is 12.9. The van der Waals surface area contributed by atoms with Gasteiger partial charge in [0.05, 0.1) is 12.7 Å². The summed E-state index contributed by atoms with van der Waals surface area (Å²) in [4.78, 5) is 60.8. The quantitative estimate of drug-likeness (QED) is 0.136. The average molecular weight is 558 g/mol. The van der Waals surface area contributed by atoms with Crippen LogP contribution in [0.2, 0.25) is 0 Å². The SMILES string of the molecule is COCC1=C(C(=O)OC(C)OC(=O)OC(C)C)N2C(=O)[C@@H](NC(=O)/C(=N\OC)c3csc(N)n3)C2SC1. The Hall–Kier alpha value is -3.37. The summed E-state index contributed by atoms with van der Waals surface area (Å²) in [5.74, 6) is -1.81. The molecule has 14 nitrogen and oxygen atoms in total. The van der Waals surface area contributed by atoms with E-state index in [0.29, 0.717) is 11.3 Å². The fourth-order valence-electron chi connectivity index (χ4n) is 3.45. The van der Waals surface area contributed by atoms with E-state index in [4.69, 9.17) is 29.5 Å². The van der Waals surface area contributed by atoms with E-state index in [1.54, 1.807) is 13.8 Å². The molecule has 2 aliphatic heterocycles. The van der Waals surface area contributed by atoms with Gasteiger partial charge in [0.15, 0.2) is 10.8 Å². The van der Waals surface area contributed by atoms with Crippen LogP contribution in [0.3, 0.4) is 0 Å². The number of carbonyl (C=O) groups is 4. The number of nitrogen functional groups attached to an aromatic ring is 1. The number of rotatable bonds is 10. The summed E-state index contributed by atoms with van der Waals surface area (Å²) >= 11 is 2.45. The van der Waals surface area contributed by atoms with Gasteiger partial charge in [-0.2, -0.15) is 0 Å². The van der Waals surface area contributed by atoms with E-state index in [2.05, 4.69) is 15.5 Å². The first-order chi connectivity index (χ1) is 17.6. The van der Waals surface area contributed by atoms with Crippen LogP contribution in [0.4, 0.5) is 9.93 Å². The molecule has 2 aliphatic rings. The minimum Gasteiger partial charge on any atom is -0.431 e. The van der Waals surface area contributed by atoms with Crippen molar-refractivity contribution in [2.45, 2.75) is 44.6 Å². The summed E-state index contributed by atoms with van der Waals surface area (Å²) in [6.07, 6.45) is -2.71. The Kier molecular flexibility index (Phi) is 9.34. The van der Waals surface area contributed by atoms with E-state index in [9.17, 15) is 19.2 Å². The van der Waals surface area contributed by atoms with Crippen LogP contribution in [0.25, 0.3) is 0 Å². The molecule has 0 aromatic carbocycles. The van der Waals surface area contributed by atoms with Crippen LogP contribution in [0.5, 0.6) is 0 Å². The van der Waals surface area contributed by atoms with E-state index >= 15 is 0 Å². The first kappa shape index (κ1) is 28.2. The molecule has 0 radical (unpaired) electrons. The number of methoxy groups -OCH3 is 1. The van der Waals surface area contributed by atoms with Gasteiger partial charge >= 0.3 is 12.1 Å². The lowest BCUT2D eigenvalue weighted by molar-refractivity contribution is -0.169. The third-order valence-corrected chi connectivity index (χ3v) is 6.89. The highest BCUT2D eigenvalue weighted by molar-refractivity contribution is 8.00. The minimum absolute atomic E-state index is 0.0353. The summed E-state index contributed by atoms with van der Waals surface area (Å²) in [7, 11) is 2.71. The molecular weight excluding hydrogens is 530 g/mol. The molecule has 3 rings (SSSR count). The van der Waals surface area contributed by atoms with Gasteiger partial charge in [-0.1, -0.05) is 5.16 Å². The molecule has 0 saturated carbocycles. The number of hydrogen-bond acceptors (Lipinski definition) is 14. The zero-order valence-corrected chi connectivity index (χ0v) is 22.3. The van der Waals surface area contributed by atoms with Crippen LogP contribution >= 0.6 is 23.1 Å². The summed E-state index contributed by atoms with van der Waals surface area (Å²) in [6, 6.07) is -0.961. The Morgan fingerprint density at radius 1 is 1.24 bits per heavy atom. The molecule has 16 heteroatoms. The topological polar surface area (TPSA) is 181 Å². The molecule has 1 aromatic rings. The van der Waals surface area contributed by atoms with Gasteiger partial charge in [0, 0.05) is 25.2 Å². The molecule has 1 fully saturated rings. The fraction of sp³-hybridized carbons (Fsp3) is 0.524. The number of oxime groups is 1. The van der Waals surface area contributed by atoms with Crippen LogP contribution in [0.15, 0.2) is 21.8 Å². The fourth-order valence-corrected chi connectivity index (χ4v) is 5.32. The van der Waals surface area contributed by atoms with Gasteiger partial charge in [-0.05, 0) is 19.4 Å². The highest BCUT2D eigenvalue weighted by Gasteiger charge is 2.55. The van der Waals surface area contributed by atoms with Crippen LogP contribution < -0.4 is 11.1 Å². The molecule has 0 bridgehead atoms. The normalized spacial score (nSPS) is 20.1. The number of esters is 1. The zero-order chi connectivity index (χ0) is 27.3. The van der Waals surface area contributed by atoms with Crippen molar-refractivity contribution in [3.8, 4) is 0 Å². The standard InChI is InChI=1S/C21H27N5O9S2/c1-9(2)33-21(30)35-10(3)34-19(29)15-11(6-31-4)7-36-18-14(17(28)26(15)18)24-16(27)13(25-32-5)12-8-37-20(22)23-12/h8-10,14,18H,6-7H2,1-5H3,(H2,22,23)(H,24,27)/b25-13-/t10?,14-,18?/m1/s1. The van der Waals surface area contributed by atoms with Gasteiger partial charge in [0.2, 0.25) is 6.29 Å². The number of β-lactam (4-membered cyclic amide) rings is 1. The summed E-state index contributed by atoms with van der Waals surface area (Å²) in [5, 5.41) is 7.49. The lowest BCUT2D eigenvalue weighted by Gasteiger charge is -2.49. The maximum Gasteiger partial charge on any atom is 0.511 e. The van der Waals surface area contributed by atoms with E-state index in [1.807, 2.05) is 0 Å². The monoisotopic (exact) mass is 557 g/mol. The number of aromatic nitrogens is 1. The van der Waals surface area contributed by atoms with Crippen molar-refractivity contribution < 1.29 is 43.0 Å². The van der Waals surface area contributed by atoms with Crippen LogP contribution in [0.1, 0.15) is 26.5 Å². The van der Waals surface area contributed by atoms with Crippen molar-refractivity contribution in [3.05, 3.63) is 22.3 Å². The summed E-state index contributed by atoms with van der Waals surface area (Å²) < 4.78 is 20.2. The van der Waals surface area contributed by atoms with Gasteiger partial charge in [0.25, 0.3) is 11.8 Å². The number of fused-ring (bicyclic) bond motifs is 1. The Morgan fingerprint density at radius 2 is 1.97 bits per heavy atom. The number of thioether (sulfide) groups is 1. The second kappa shape index (κ2) is 12.2. The lowest BCUT2D eigenvalue weighted by atomic mass is 10.0. The highest BCUT2D eigenvalue weighted by Crippen LogP contribution is 2.41. The Morgan fingerprint density at radius 3 is 2.57 bits per heavy atom. The van der Waals surface area contributed by atoms with E-state index < -0.39 is 47.7 Å². The highest BCUT2D eigenvalue weighted by atomic mass is 32.2. The van der Waals surface area contributed by atoms with Crippen molar-refractivity contribution >= 4 is 57.9 Å². The molecule has 0 aliphatic carbocycles. The van der Waals surface area contributed by atoms with Crippen LogP contribution in [-0.4, -0.2) is 89.9 Å². The second-order valence-electron chi connectivity index (χ2n) is 7.95. The van der Waals surface area contributed by atoms with Crippen LogP contribution in [-0.2, 0) is 38.2 Å². The molecule has 1 aromatic heterocycles. The number of carbonyl (C=O) groups excluding carboxylic acids is 4. The van der Waals surface area contributed by atoms with Crippen molar-refractivity contribution in [2.75, 3.05) is 32.3 Å². The minimum atomic E-state index is -1.28. The van der Waals surface area contributed by atoms with Gasteiger partial charge in [-0.15, -0.1) is 23.1 Å². The molecule has 2 amide bonds. The summed E-state index contributed by atoms with van der Waals surface area (Å²) in [5.41, 5.74) is 6.15. The summed E-state index contributed by atoms with van der Waals surface area (Å²) in [6.45, 7) is 4.68. The van der Waals surface area contributed by atoms with Crippen molar-refractivity contribution in [1.82, 2.24) is 15.2 Å². The zero-order valence-electron chi connectivity index (χ0n) is 20.7.